The highest BCUT2D eigenvalue weighted by Crippen LogP contribution is 2.06. The van der Waals surface area contributed by atoms with Crippen molar-refractivity contribution >= 4 is 17.7 Å². The summed E-state index contributed by atoms with van der Waals surface area (Å²) in [5, 5.41) is 11.4. The first-order chi connectivity index (χ1) is 9.41. The second-order valence-electron chi connectivity index (χ2n) is 4.92. The second kappa shape index (κ2) is 7.43. The Balaban J connectivity index is 2.47. The Labute approximate surface area is 118 Å². The van der Waals surface area contributed by atoms with Crippen LogP contribution in [0.15, 0.2) is 30.3 Å². The van der Waals surface area contributed by atoms with E-state index < -0.39 is 17.9 Å². The van der Waals surface area contributed by atoms with Crippen LogP contribution in [-0.2, 0) is 9.59 Å². The van der Waals surface area contributed by atoms with Crippen LogP contribution in [0.2, 0.25) is 0 Å². The molecule has 0 aromatic heterocycles. The molecule has 0 bridgehead atoms. The summed E-state index contributed by atoms with van der Waals surface area (Å²) in [6, 6.07) is 7.78. The summed E-state index contributed by atoms with van der Waals surface area (Å²) in [6.07, 6.45) is 0.0600. The van der Waals surface area contributed by atoms with E-state index in [4.69, 9.17) is 5.11 Å². The fourth-order valence-corrected chi connectivity index (χ4v) is 1.75. The van der Waals surface area contributed by atoms with Crippen molar-refractivity contribution in [2.45, 2.75) is 32.7 Å². The van der Waals surface area contributed by atoms with Gasteiger partial charge in [-0.1, -0.05) is 44.2 Å². The predicted octanol–water partition coefficient (Wildman–Crippen LogP) is 1.87. The Morgan fingerprint density at radius 1 is 1.10 bits per heavy atom. The Morgan fingerprint density at radius 2 is 1.70 bits per heavy atom. The fourth-order valence-electron chi connectivity index (χ4n) is 1.75. The van der Waals surface area contributed by atoms with Crippen LogP contribution in [0, 0.1) is 5.92 Å². The molecule has 0 unspecified atom stereocenters. The van der Waals surface area contributed by atoms with Crippen LogP contribution >= 0.6 is 0 Å². The van der Waals surface area contributed by atoms with Crippen LogP contribution in [0.25, 0.3) is 0 Å². The second-order valence-corrected chi connectivity index (χ2v) is 4.92. The molecule has 5 heteroatoms. The van der Waals surface area contributed by atoms with Crippen LogP contribution in [0.3, 0.4) is 0 Å². The molecule has 0 saturated carbocycles. The molecule has 0 aliphatic rings. The van der Waals surface area contributed by atoms with Crippen molar-refractivity contribution in [2.24, 2.45) is 5.92 Å². The third-order valence-electron chi connectivity index (χ3n) is 2.92. The van der Waals surface area contributed by atoms with Crippen molar-refractivity contribution < 1.29 is 19.5 Å². The quantitative estimate of drug-likeness (QED) is 0.745. The minimum absolute atomic E-state index is 0.00969. The van der Waals surface area contributed by atoms with Crippen LogP contribution < -0.4 is 5.32 Å². The van der Waals surface area contributed by atoms with Crippen molar-refractivity contribution in [2.75, 3.05) is 0 Å². The molecule has 1 aromatic carbocycles. The Hall–Kier alpha value is -2.17. The molecule has 0 saturated heterocycles. The van der Waals surface area contributed by atoms with E-state index in [1.165, 1.54) is 0 Å². The summed E-state index contributed by atoms with van der Waals surface area (Å²) in [4.78, 5) is 34.4. The van der Waals surface area contributed by atoms with Gasteiger partial charge in [0.1, 0.15) is 6.04 Å². The Kier molecular flexibility index (Phi) is 5.90. The smallest absolute Gasteiger partial charge is 0.326 e. The van der Waals surface area contributed by atoms with Crippen molar-refractivity contribution in [1.82, 2.24) is 5.32 Å². The van der Waals surface area contributed by atoms with Gasteiger partial charge in [-0.15, -0.1) is 0 Å². The number of benzene rings is 1. The zero-order valence-electron chi connectivity index (χ0n) is 11.6. The zero-order valence-corrected chi connectivity index (χ0v) is 11.6. The summed E-state index contributed by atoms with van der Waals surface area (Å²) < 4.78 is 0. The maximum atomic E-state index is 11.8. The number of carboxylic acids is 1. The van der Waals surface area contributed by atoms with E-state index in [9.17, 15) is 14.4 Å². The van der Waals surface area contributed by atoms with Crippen molar-refractivity contribution in [3.05, 3.63) is 35.9 Å². The van der Waals surface area contributed by atoms with E-state index in [0.29, 0.717) is 5.56 Å². The first-order valence-electron chi connectivity index (χ1n) is 6.52. The molecule has 0 spiro atoms. The SMILES string of the molecule is CC(C)[C@@H](NC(=O)CCC(=O)c1ccccc1)C(=O)O. The number of nitrogens with one attached hydrogen (secondary N) is 1. The first-order valence-corrected chi connectivity index (χ1v) is 6.52. The lowest BCUT2D eigenvalue weighted by molar-refractivity contribution is -0.143. The standard InChI is InChI=1S/C15H19NO4/c1-10(2)14(15(19)20)16-13(18)9-8-12(17)11-6-4-3-5-7-11/h3-7,10,14H,8-9H2,1-2H3,(H,16,18)(H,19,20)/t14-/m1/s1. The zero-order chi connectivity index (χ0) is 15.1. The number of carbonyl (C=O) groups excluding carboxylic acids is 2. The first kappa shape index (κ1) is 15.9. The average Bonchev–Trinajstić information content (AvgIpc) is 2.42. The molecular formula is C15H19NO4. The fraction of sp³-hybridized carbons (Fsp3) is 0.400. The Morgan fingerprint density at radius 3 is 2.20 bits per heavy atom. The summed E-state index contributed by atoms with van der Waals surface area (Å²) in [5.41, 5.74) is 0.555. The molecule has 20 heavy (non-hydrogen) atoms. The lowest BCUT2D eigenvalue weighted by Gasteiger charge is -2.17. The maximum absolute atomic E-state index is 11.8. The van der Waals surface area contributed by atoms with Crippen molar-refractivity contribution in [3.63, 3.8) is 0 Å². The van der Waals surface area contributed by atoms with Gasteiger partial charge in [-0.3, -0.25) is 9.59 Å². The van der Waals surface area contributed by atoms with E-state index in [1.807, 2.05) is 6.07 Å². The average molecular weight is 277 g/mol. The molecule has 0 aliphatic carbocycles. The highest BCUT2D eigenvalue weighted by atomic mass is 16.4. The molecule has 1 aromatic rings. The van der Waals surface area contributed by atoms with Gasteiger partial charge in [-0.2, -0.15) is 0 Å². The highest BCUT2D eigenvalue weighted by Gasteiger charge is 2.23. The van der Waals surface area contributed by atoms with Gasteiger partial charge >= 0.3 is 5.97 Å². The van der Waals surface area contributed by atoms with Gasteiger partial charge in [0.15, 0.2) is 5.78 Å². The largest absolute Gasteiger partial charge is 0.480 e. The highest BCUT2D eigenvalue weighted by molar-refractivity contribution is 5.98. The summed E-state index contributed by atoms with van der Waals surface area (Å²) in [6.45, 7) is 3.43. The number of ketones is 1. The maximum Gasteiger partial charge on any atom is 0.326 e. The number of rotatable bonds is 7. The van der Waals surface area contributed by atoms with E-state index in [0.717, 1.165) is 0 Å². The molecule has 108 valence electrons. The van der Waals surface area contributed by atoms with Gasteiger partial charge in [0, 0.05) is 18.4 Å². The van der Waals surface area contributed by atoms with Gasteiger partial charge < -0.3 is 10.4 Å². The van der Waals surface area contributed by atoms with Gasteiger partial charge in [0.2, 0.25) is 5.91 Å². The third kappa shape index (κ3) is 4.84. The number of Topliss-reactive ketones (excluding diaryl/α,β-unsaturated/α-hetero) is 1. The molecule has 0 radical (unpaired) electrons. The van der Waals surface area contributed by atoms with Crippen LogP contribution in [0.5, 0.6) is 0 Å². The number of hydrogen-bond acceptors (Lipinski definition) is 3. The number of aliphatic carboxylic acids is 1. The molecule has 0 aliphatic heterocycles. The predicted molar refractivity (Wildman–Crippen MR) is 74.4 cm³/mol. The van der Waals surface area contributed by atoms with Crippen LogP contribution in [0.4, 0.5) is 0 Å². The minimum Gasteiger partial charge on any atom is -0.480 e. The molecule has 1 rings (SSSR count). The summed E-state index contributed by atoms with van der Waals surface area (Å²) in [7, 11) is 0. The van der Waals surface area contributed by atoms with Gasteiger partial charge in [0.05, 0.1) is 0 Å². The van der Waals surface area contributed by atoms with Crippen molar-refractivity contribution in [1.29, 1.82) is 0 Å². The third-order valence-corrected chi connectivity index (χ3v) is 2.92. The molecule has 0 fully saturated rings. The number of carbonyl (C=O) groups is 3. The van der Waals surface area contributed by atoms with E-state index in [1.54, 1.807) is 38.1 Å². The minimum atomic E-state index is -1.07. The van der Waals surface area contributed by atoms with Crippen molar-refractivity contribution in [3.8, 4) is 0 Å². The molecule has 1 atom stereocenters. The van der Waals surface area contributed by atoms with Gasteiger partial charge in [0.25, 0.3) is 0 Å². The topological polar surface area (TPSA) is 83.5 Å². The summed E-state index contributed by atoms with van der Waals surface area (Å²) in [5.74, 6) is -1.82. The van der Waals surface area contributed by atoms with E-state index in [-0.39, 0.29) is 24.5 Å². The Bertz CT molecular complexity index is 482. The summed E-state index contributed by atoms with van der Waals surface area (Å²) >= 11 is 0. The lowest BCUT2D eigenvalue weighted by atomic mass is 10.0. The molecule has 0 heterocycles. The van der Waals surface area contributed by atoms with Crippen LogP contribution in [0.1, 0.15) is 37.0 Å². The molecule has 5 nitrogen and oxygen atoms in total. The monoisotopic (exact) mass is 277 g/mol. The van der Waals surface area contributed by atoms with E-state index >= 15 is 0 Å². The lowest BCUT2D eigenvalue weighted by Crippen LogP contribution is -2.44. The molecule has 1 amide bonds. The molecular weight excluding hydrogens is 258 g/mol. The number of amides is 1. The van der Waals surface area contributed by atoms with E-state index in [2.05, 4.69) is 5.32 Å². The number of hydrogen-bond donors (Lipinski definition) is 2. The molecule has 2 N–H and O–H groups in total. The van der Waals surface area contributed by atoms with Gasteiger partial charge in [-0.25, -0.2) is 4.79 Å². The number of carboxylic acid groups (broad SMARTS) is 1. The van der Waals surface area contributed by atoms with Crippen LogP contribution in [-0.4, -0.2) is 28.8 Å². The normalized spacial score (nSPS) is 11.9. The van der Waals surface area contributed by atoms with Gasteiger partial charge in [-0.05, 0) is 5.92 Å².